The predicted molar refractivity (Wildman–Crippen MR) is 108 cm³/mol. The summed E-state index contributed by atoms with van der Waals surface area (Å²) in [5.74, 6) is 0.294. The van der Waals surface area contributed by atoms with Gasteiger partial charge in [0.1, 0.15) is 0 Å². The molecule has 2 fully saturated rings. The molecule has 1 heterocycles. The van der Waals surface area contributed by atoms with Gasteiger partial charge in [-0.1, -0.05) is 49.8 Å². The molecule has 0 saturated heterocycles. The Kier molecular flexibility index (Phi) is 5.38. The van der Waals surface area contributed by atoms with Gasteiger partial charge in [-0.05, 0) is 43.9 Å². The molecule has 5 heteroatoms. The van der Waals surface area contributed by atoms with Crippen LogP contribution in [0.5, 0.6) is 0 Å². The summed E-state index contributed by atoms with van der Waals surface area (Å²) in [6.45, 7) is 0.270. The lowest BCUT2D eigenvalue weighted by Gasteiger charge is -2.32. The molecular formula is C22H27ClN2O2. The van der Waals surface area contributed by atoms with Crippen LogP contribution in [0.2, 0.25) is 5.02 Å². The Bertz CT molecular complexity index is 840. The minimum Gasteiger partial charge on any atom is -0.388 e. The van der Waals surface area contributed by atoms with Gasteiger partial charge in [-0.25, -0.2) is 0 Å². The van der Waals surface area contributed by atoms with E-state index >= 15 is 0 Å². The van der Waals surface area contributed by atoms with Crippen molar-refractivity contribution in [2.75, 3.05) is 6.54 Å². The van der Waals surface area contributed by atoms with Crippen molar-refractivity contribution in [3.63, 3.8) is 0 Å². The van der Waals surface area contributed by atoms with Gasteiger partial charge in [-0.2, -0.15) is 0 Å². The fourth-order valence-electron chi connectivity index (χ4n) is 4.59. The van der Waals surface area contributed by atoms with Crippen LogP contribution in [0.25, 0.3) is 10.9 Å². The summed E-state index contributed by atoms with van der Waals surface area (Å²) < 4.78 is 0. The molecule has 1 aromatic carbocycles. The number of hydrogen-bond acceptors (Lipinski definition) is 3. The molecule has 0 unspecified atom stereocenters. The lowest BCUT2D eigenvalue weighted by molar-refractivity contribution is 0.00527. The van der Waals surface area contributed by atoms with Gasteiger partial charge in [0.05, 0.1) is 21.7 Å². The standard InChI is InChI=1S/C22H27ClN2O2/c23-17-9-11-19-16(8-10-18(25-19)15-6-2-3-7-15)20(17)21(26)24-14-22(27)12-4-1-5-13-22/h8-11,15,27H,1-7,12-14H2,(H,24,26). The highest BCUT2D eigenvalue weighted by atomic mass is 35.5. The van der Waals surface area contributed by atoms with Crippen molar-refractivity contribution in [1.82, 2.24) is 10.3 Å². The van der Waals surface area contributed by atoms with Crippen LogP contribution in [0.15, 0.2) is 24.3 Å². The number of nitrogens with one attached hydrogen (secondary N) is 1. The molecule has 4 nitrogen and oxygen atoms in total. The zero-order chi connectivity index (χ0) is 18.9. The fraction of sp³-hybridized carbons (Fsp3) is 0.545. The molecule has 0 aliphatic heterocycles. The highest BCUT2D eigenvalue weighted by Crippen LogP contribution is 2.35. The lowest BCUT2D eigenvalue weighted by atomic mass is 9.85. The topological polar surface area (TPSA) is 62.2 Å². The number of aliphatic hydroxyl groups is 1. The Morgan fingerprint density at radius 2 is 1.85 bits per heavy atom. The van der Waals surface area contributed by atoms with Crippen molar-refractivity contribution >= 4 is 28.4 Å². The molecular weight excluding hydrogens is 360 g/mol. The molecule has 0 atom stereocenters. The third kappa shape index (κ3) is 3.97. The van der Waals surface area contributed by atoms with Crippen molar-refractivity contribution in [3.05, 3.63) is 40.5 Å². The number of rotatable bonds is 4. The Labute approximate surface area is 165 Å². The number of aromatic nitrogens is 1. The number of nitrogens with zero attached hydrogens (tertiary/aromatic N) is 1. The summed E-state index contributed by atoms with van der Waals surface area (Å²) in [7, 11) is 0. The third-order valence-corrected chi connectivity index (χ3v) is 6.52. The number of carbonyl (C=O) groups is 1. The average molecular weight is 387 g/mol. The number of fused-ring (bicyclic) bond motifs is 1. The second-order valence-corrected chi connectivity index (χ2v) is 8.58. The molecule has 0 bridgehead atoms. The van der Waals surface area contributed by atoms with E-state index < -0.39 is 5.60 Å². The van der Waals surface area contributed by atoms with Crippen molar-refractivity contribution in [1.29, 1.82) is 0 Å². The van der Waals surface area contributed by atoms with E-state index in [1.165, 1.54) is 25.7 Å². The van der Waals surface area contributed by atoms with Gasteiger partial charge in [-0.3, -0.25) is 9.78 Å². The van der Waals surface area contributed by atoms with Crippen LogP contribution in [0, 0.1) is 0 Å². The summed E-state index contributed by atoms with van der Waals surface area (Å²) in [6, 6.07) is 7.66. The van der Waals surface area contributed by atoms with E-state index in [1.54, 1.807) is 6.07 Å². The van der Waals surface area contributed by atoms with Gasteiger partial charge in [0.15, 0.2) is 0 Å². The third-order valence-electron chi connectivity index (χ3n) is 6.20. The van der Waals surface area contributed by atoms with Gasteiger partial charge in [-0.15, -0.1) is 0 Å². The number of amides is 1. The maximum absolute atomic E-state index is 12.9. The highest BCUT2D eigenvalue weighted by molar-refractivity contribution is 6.35. The fourth-order valence-corrected chi connectivity index (χ4v) is 4.84. The molecule has 2 saturated carbocycles. The Hall–Kier alpha value is -1.65. The van der Waals surface area contributed by atoms with E-state index in [4.69, 9.17) is 16.6 Å². The van der Waals surface area contributed by atoms with Gasteiger partial charge in [0.2, 0.25) is 0 Å². The molecule has 27 heavy (non-hydrogen) atoms. The molecule has 1 aromatic heterocycles. The van der Waals surface area contributed by atoms with Crippen molar-refractivity contribution in [2.45, 2.75) is 69.3 Å². The maximum atomic E-state index is 12.9. The van der Waals surface area contributed by atoms with Crippen LogP contribution >= 0.6 is 11.6 Å². The Morgan fingerprint density at radius 1 is 1.11 bits per heavy atom. The molecule has 0 radical (unpaired) electrons. The molecule has 4 rings (SSSR count). The quantitative estimate of drug-likeness (QED) is 0.779. The summed E-state index contributed by atoms with van der Waals surface area (Å²) in [5, 5.41) is 14.8. The van der Waals surface area contributed by atoms with Crippen molar-refractivity contribution in [3.8, 4) is 0 Å². The van der Waals surface area contributed by atoms with Gasteiger partial charge in [0, 0.05) is 23.5 Å². The van der Waals surface area contributed by atoms with Crippen LogP contribution in [0.1, 0.15) is 79.8 Å². The number of benzene rings is 1. The smallest absolute Gasteiger partial charge is 0.253 e. The Balaban J connectivity index is 1.58. The van der Waals surface area contributed by atoms with E-state index in [-0.39, 0.29) is 12.5 Å². The van der Waals surface area contributed by atoms with Crippen LogP contribution in [-0.2, 0) is 0 Å². The largest absolute Gasteiger partial charge is 0.388 e. The normalized spacial score (nSPS) is 20.1. The first kappa shape index (κ1) is 18.7. The molecule has 1 amide bonds. The first-order valence-corrected chi connectivity index (χ1v) is 10.5. The van der Waals surface area contributed by atoms with E-state index in [0.29, 0.717) is 16.5 Å². The van der Waals surface area contributed by atoms with Crippen LogP contribution in [0.4, 0.5) is 0 Å². The molecule has 0 spiro atoms. The zero-order valence-electron chi connectivity index (χ0n) is 15.6. The second kappa shape index (κ2) is 7.76. The first-order chi connectivity index (χ1) is 13.1. The van der Waals surface area contributed by atoms with E-state index in [1.807, 2.05) is 18.2 Å². The minimum absolute atomic E-state index is 0.236. The minimum atomic E-state index is -0.793. The average Bonchev–Trinajstić information content (AvgIpc) is 3.21. The van der Waals surface area contributed by atoms with Crippen LogP contribution in [-0.4, -0.2) is 28.1 Å². The van der Waals surface area contributed by atoms with Crippen LogP contribution in [0.3, 0.4) is 0 Å². The maximum Gasteiger partial charge on any atom is 0.253 e. The van der Waals surface area contributed by atoms with E-state index in [9.17, 15) is 9.90 Å². The summed E-state index contributed by atoms with van der Waals surface area (Å²) in [5.41, 5.74) is 1.59. The van der Waals surface area contributed by atoms with Crippen molar-refractivity contribution < 1.29 is 9.90 Å². The number of carbonyl (C=O) groups excluding carboxylic acids is 1. The van der Waals surface area contributed by atoms with E-state index in [2.05, 4.69) is 5.32 Å². The molecule has 2 aliphatic carbocycles. The van der Waals surface area contributed by atoms with Crippen LogP contribution < -0.4 is 5.32 Å². The first-order valence-electron chi connectivity index (χ1n) is 10.2. The van der Waals surface area contributed by atoms with Gasteiger partial charge < -0.3 is 10.4 Å². The second-order valence-electron chi connectivity index (χ2n) is 8.17. The molecule has 2 aliphatic rings. The number of pyridine rings is 1. The molecule has 144 valence electrons. The lowest BCUT2D eigenvalue weighted by Crippen LogP contribution is -2.44. The highest BCUT2D eigenvalue weighted by Gasteiger charge is 2.30. The predicted octanol–water partition coefficient (Wildman–Crippen LogP) is 4.97. The van der Waals surface area contributed by atoms with Gasteiger partial charge >= 0.3 is 0 Å². The van der Waals surface area contributed by atoms with E-state index in [0.717, 1.165) is 48.7 Å². The summed E-state index contributed by atoms with van der Waals surface area (Å²) >= 11 is 6.37. The SMILES string of the molecule is O=C(NCC1(O)CCCCC1)c1c(Cl)ccc2nc(C3CCCC3)ccc12. The molecule has 2 N–H and O–H groups in total. The summed E-state index contributed by atoms with van der Waals surface area (Å²) in [6.07, 6.45) is 9.57. The zero-order valence-corrected chi connectivity index (χ0v) is 16.4. The summed E-state index contributed by atoms with van der Waals surface area (Å²) in [4.78, 5) is 17.7. The monoisotopic (exact) mass is 386 g/mol. The molecule has 2 aromatic rings. The number of halogens is 1. The number of hydrogen-bond donors (Lipinski definition) is 2. The van der Waals surface area contributed by atoms with Crippen molar-refractivity contribution in [2.24, 2.45) is 0 Å². The van der Waals surface area contributed by atoms with Gasteiger partial charge in [0.25, 0.3) is 5.91 Å². The Morgan fingerprint density at radius 3 is 2.59 bits per heavy atom.